The van der Waals surface area contributed by atoms with E-state index in [0.29, 0.717) is 10.6 Å². The van der Waals surface area contributed by atoms with Gasteiger partial charge in [0.2, 0.25) is 0 Å². The zero-order chi connectivity index (χ0) is 13.4. The van der Waals surface area contributed by atoms with Gasteiger partial charge in [-0.15, -0.1) is 0 Å². The molecule has 2 nitrogen and oxygen atoms in total. The minimum atomic E-state index is -0.258. The first-order chi connectivity index (χ1) is 9.19. The smallest absolute Gasteiger partial charge is 0.150 e. The van der Waals surface area contributed by atoms with Gasteiger partial charge in [-0.1, -0.05) is 17.7 Å². The molecule has 0 fully saturated rings. The molecule has 0 aromatic heterocycles. The first kappa shape index (κ1) is 12.2. The van der Waals surface area contributed by atoms with Gasteiger partial charge >= 0.3 is 0 Å². The van der Waals surface area contributed by atoms with Crippen molar-refractivity contribution in [3.63, 3.8) is 0 Å². The van der Waals surface area contributed by atoms with Crippen molar-refractivity contribution in [2.24, 2.45) is 0 Å². The summed E-state index contributed by atoms with van der Waals surface area (Å²) in [6.07, 6.45) is 1.62. The molecule has 0 radical (unpaired) electrons. The van der Waals surface area contributed by atoms with Gasteiger partial charge in [0.15, 0.2) is 0 Å². The van der Waals surface area contributed by atoms with Crippen molar-refractivity contribution in [1.82, 2.24) is 0 Å². The lowest BCUT2D eigenvalue weighted by atomic mass is 10.1. The molecule has 0 aliphatic carbocycles. The number of halogens is 2. The minimum absolute atomic E-state index is 0.258. The van der Waals surface area contributed by atoms with E-state index in [0.717, 1.165) is 36.2 Å². The van der Waals surface area contributed by atoms with E-state index in [2.05, 4.69) is 0 Å². The predicted octanol–water partition coefficient (Wildman–Crippen LogP) is 3.99. The van der Waals surface area contributed by atoms with E-state index in [9.17, 15) is 9.18 Å². The highest BCUT2D eigenvalue weighted by atomic mass is 35.5. The maximum absolute atomic E-state index is 13.4. The summed E-state index contributed by atoms with van der Waals surface area (Å²) in [5, 5.41) is 0.502. The average Bonchev–Trinajstić information content (AvgIpc) is 2.81. The van der Waals surface area contributed by atoms with Crippen molar-refractivity contribution in [3.8, 4) is 0 Å². The van der Waals surface area contributed by atoms with Crippen molar-refractivity contribution in [2.45, 2.75) is 6.42 Å². The number of hydrogen-bond acceptors (Lipinski definition) is 2. The second kappa shape index (κ2) is 4.67. The maximum Gasteiger partial charge on any atom is 0.150 e. The van der Waals surface area contributed by atoms with Crippen LogP contribution in [0, 0.1) is 5.82 Å². The predicted molar refractivity (Wildman–Crippen MR) is 73.9 cm³/mol. The number of benzene rings is 2. The van der Waals surface area contributed by atoms with Crippen molar-refractivity contribution < 1.29 is 9.18 Å². The minimum Gasteiger partial charge on any atom is -0.340 e. The van der Waals surface area contributed by atoms with Gasteiger partial charge in [0.05, 0.1) is 10.7 Å². The molecule has 0 atom stereocenters. The van der Waals surface area contributed by atoms with E-state index in [4.69, 9.17) is 11.6 Å². The lowest BCUT2D eigenvalue weighted by Crippen LogP contribution is -2.13. The van der Waals surface area contributed by atoms with Crippen molar-refractivity contribution >= 4 is 29.3 Å². The number of rotatable bonds is 2. The van der Waals surface area contributed by atoms with Gasteiger partial charge in [-0.05, 0) is 42.3 Å². The first-order valence-electron chi connectivity index (χ1n) is 6.00. The number of anilines is 2. The van der Waals surface area contributed by atoms with E-state index in [1.807, 2.05) is 4.90 Å². The zero-order valence-corrected chi connectivity index (χ0v) is 10.8. The molecule has 1 aliphatic rings. The highest BCUT2D eigenvalue weighted by molar-refractivity contribution is 6.33. The maximum atomic E-state index is 13.4. The number of fused-ring (bicyclic) bond motifs is 1. The molecule has 4 heteroatoms. The van der Waals surface area contributed by atoms with Gasteiger partial charge < -0.3 is 4.90 Å². The van der Waals surface area contributed by atoms with Crippen LogP contribution in [0.15, 0.2) is 36.4 Å². The largest absolute Gasteiger partial charge is 0.340 e. The quantitative estimate of drug-likeness (QED) is 0.773. The Hall–Kier alpha value is -1.87. The molecular formula is C15H11ClFNO. The van der Waals surface area contributed by atoms with E-state index in [1.54, 1.807) is 24.3 Å². The fourth-order valence-corrected chi connectivity index (χ4v) is 2.71. The van der Waals surface area contributed by atoms with Gasteiger partial charge in [-0.2, -0.15) is 0 Å². The van der Waals surface area contributed by atoms with Crippen LogP contribution in [0.2, 0.25) is 5.02 Å². The molecule has 0 amide bonds. The molecule has 2 aromatic rings. The first-order valence-corrected chi connectivity index (χ1v) is 6.37. The van der Waals surface area contributed by atoms with Crippen molar-refractivity contribution in [3.05, 3.63) is 58.4 Å². The Labute approximate surface area is 115 Å². The third kappa shape index (κ3) is 2.10. The number of nitrogens with zero attached hydrogens (tertiary/aromatic N) is 1. The number of aldehydes is 1. The fraction of sp³-hybridized carbons (Fsp3) is 0.133. The normalized spacial score (nSPS) is 13.5. The van der Waals surface area contributed by atoms with Crippen LogP contribution in [-0.4, -0.2) is 12.8 Å². The molecule has 0 saturated carbocycles. The Morgan fingerprint density at radius 2 is 2.00 bits per heavy atom. The molecule has 0 unspecified atom stereocenters. The van der Waals surface area contributed by atoms with Crippen LogP contribution >= 0.6 is 11.6 Å². The third-order valence-corrected chi connectivity index (χ3v) is 3.64. The van der Waals surface area contributed by atoms with Gasteiger partial charge in [0, 0.05) is 17.8 Å². The zero-order valence-electron chi connectivity index (χ0n) is 10.1. The molecule has 0 bridgehead atoms. The SMILES string of the molecule is O=Cc1ccc(N2CCc3ccc(F)cc32)c(Cl)c1. The van der Waals surface area contributed by atoms with Crippen LogP contribution in [-0.2, 0) is 6.42 Å². The van der Waals surface area contributed by atoms with Crippen LogP contribution in [0.3, 0.4) is 0 Å². The summed E-state index contributed by atoms with van der Waals surface area (Å²) in [6.45, 7) is 0.763. The second-order valence-corrected chi connectivity index (χ2v) is 4.91. The van der Waals surface area contributed by atoms with E-state index in [1.165, 1.54) is 12.1 Å². The summed E-state index contributed by atoms with van der Waals surface area (Å²) >= 11 is 6.20. The van der Waals surface area contributed by atoms with Crippen LogP contribution in [0.5, 0.6) is 0 Å². The Morgan fingerprint density at radius 3 is 2.74 bits per heavy atom. The molecule has 0 spiro atoms. The molecule has 3 rings (SSSR count). The summed E-state index contributed by atoms with van der Waals surface area (Å²) in [7, 11) is 0. The molecule has 0 saturated heterocycles. The fourth-order valence-electron chi connectivity index (χ4n) is 2.42. The Morgan fingerprint density at radius 1 is 1.16 bits per heavy atom. The summed E-state index contributed by atoms with van der Waals surface area (Å²) in [4.78, 5) is 12.7. The molecule has 96 valence electrons. The molecule has 0 N–H and O–H groups in total. The molecule has 1 heterocycles. The molecule has 19 heavy (non-hydrogen) atoms. The van der Waals surface area contributed by atoms with Crippen LogP contribution in [0.1, 0.15) is 15.9 Å². The third-order valence-electron chi connectivity index (χ3n) is 3.34. The van der Waals surface area contributed by atoms with E-state index >= 15 is 0 Å². The van der Waals surface area contributed by atoms with Gasteiger partial charge in [0.1, 0.15) is 12.1 Å². The van der Waals surface area contributed by atoms with Gasteiger partial charge in [-0.3, -0.25) is 4.79 Å². The highest BCUT2D eigenvalue weighted by Crippen LogP contribution is 2.38. The second-order valence-electron chi connectivity index (χ2n) is 4.50. The average molecular weight is 276 g/mol. The standard InChI is InChI=1S/C15H11ClFNO/c16-13-7-10(9-19)1-4-14(13)18-6-5-11-2-3-12(17)8-15(11)18/h1-4,7-9H,5-6H2. The number of carbonyl (C=O) groups is 1. The highest BCUT2D eigenvalue weighted by Gasteiger charge is 2.22. The van der Waals surface area contributed by atoms with Gasteiger partial charge in [-0.25, -0.2) is 4.39 Å². The Balaban J connectivity index is 2.06. The van der Waals surface area contributed by atoms with Gasteiger partial charge in [0.25, 0.3) is 0 Å². The summed E-state index contributed by atoms with van der Waals surface area (Å²) in [5.41, 5.74) is 3.29. The van der Waals surface area contributed by atoms with Crippen LogP contribution in [0.4, 0.5) is 15.8 Å². The van der Waals surface area contributed by atoms with E-state index in [-0.39, 0.29) is 5.82 Å². The van der Waals surface area contributed by atoms with Crippen molar-refractivity contribution in [2.75, 3.05) is 11.4 Å². The summed E-state index contributed by atoms with van der Waals surface area (Å²) < 4.78 is 13.4. The topological polar surface area (TPSA) is 20.3 Å². The lowest BCUT2D eigenvalue weighted by Gasteiger charge is -2.21. The lowest BCUT2D eigenvalue weighted by molar-refractivity contribution is 0.112. The van der Waals surface area contributed by atoms with Crippen LogP contribution < -0.4 is 4.90 Å². The molecule has 1 aliphatic heterocycles. The number of carbonyl (C=O) groups excluding carboxylic acids is 1. The monoisotopic (exact) mass is 275 g/mol. The summed E-state index contributed by atoms with van der Waals surface area (Å²) in [5.74, 6) is -0.258. The summed E-state index contributed by atoms with van der Waals surface area (Å²) in [6, 6.07) is 9.93. The Kier molecular flexibility index (Phi) is 2.99. The molecular weight excluding hydrogens is 265 g/mol. The van der Waals surface area contributed by atoms with E-state index < -0.39 is 0 Å². The number of hydrogen-bond donors (Lipinski definition) is 0. The van der Waals surface area contributed by atoms with Crippen molar-refractivity contribution in [1.29, 1.82) is 0 Å². The Bertz CT molecular complexity index is 657. The molecule has 2 aromatic carbocycles. The van der Waals surface area contributed by atoms with Crippen LogP contribution in [0.25, 0.3) is 0 Å².